The average molecular weight is 262 g/mol. The summed E-state index contributed by atoms with van der Waals surface area (Å²) in [7, 11) is 1.16. The summed E-state index contributed by atoms with van der Waals surface area (Å²) in [6, 6.07) is 9.09. The van der Waals surface area contributed by atoms with Gasteiger partial charge in [0.05, 0.1) is 7.11 Å². The quantitative estimate of drug-likeness (QED) is 0.591. The number of hydrogen-bond acceptors (Lipinski definition) is 7. The Bertz CT molecular complexity index is 581. The van der Waals surface area contributed by atoms with E-state index in [4.69, 9.17) is 4.74 Å². The Morgan fingerprint density at radius 1 is 1.26 bits per heavy atom. The maximum absolute atomic E-state index is 11.7. The Morgan fingerprint density at radius 2 is 2.00 bits per heavy atom. The van der Waals surface area contributed by atoms with E-state index in [-0.39, 0.29) is 12.4 Å². The number of aromatic nitrogens is 4. The predicted molar refractivity (Wildman–Crippen MR) is 61.2 cm³/mol. The molecule has 1 aromatic heterocycles. The van der Waals surface area contributed by atoms with E-state index in [9.17, 15) is 9.59 Å². The van der Waals surface area contributed by atoms with Crippen LogP contribution in [0.25, 0.3) is 0 Å². The van der Waals surface area contributed by atoms with Crippen LogP contribution in [0.4, 0.5) is 4.79 Å². The number of carbonyl (C=O) groups excluding carboxylic acids is 2. The van der Waals surface area contributed by atoms with Gasteiger partial charge < -0.3 is 9.47 Å². The van der Waals surface area contributed by atoms with E-state index in [1.807, 2.05) is 18.2 Å². The second kappa shape index (κ2) is 5.71. The van der Waals surface area contributed by atoms with Crippen LogP contribution in [0.15, 0.2) is 30.3 Å². The first kappa shape index (κ1) is 12.7. The molecule has 2 rings (SSSR count). The second-order valence-corrected chi connectivity index (χ2v) is 3.45. The van der Waals surface area contributed by atoms with Crippen LogP contribution in [0.1, 0.15) is 16.2 Å². The lowest BCUT2D eigenvalue weighted by molar-refractivity contribution is 0.0575. The summed E-state index contributed by atoms with van der Waals surface area (Å²) in [6.07, 6.45) is -0.853. The van der Waals surface area contributed by atoms with Crippen molar-refractivity contribution in [1.29, 1.82) is 0 Å². The zero-order valence-electron chi connectivity index (χ0n) is 10.0. The maximum atomic E-state index is 11.7. The highest BCUT2D eigenvalue weighted by atomic mass is 16.6. The number of tetrazole rings is 1. The summed E-state index contributed by atoms with van der Waals surface area (Å²) < 4.78 is 10.1. The third-order valence-corrected chi connectivity index (χ3v) is 2.22. The number of methoxy groups -OCH3 is 1. The van der Waals surface area contributed by atoms with Gasteiger partial charge in [-0.3, -0.25) is 0 Å². The summed E-state index contributed by atoms with van der Waals surface area (Å²) >= 11 is 0. The summed E-state index contributed by atoms with van der Waals surface area (Å²) in [6.45, 7) is 0.0557. The lowest BCUT2D eigenvalue weighted by Crippen LogP contribution is -2.21. The van der Waals surface area contributed by atoms with Crippen molar-refractivity contribution in [3.05, 3.63) is 41.7 Å². The topological polar surface area (TPSA) is 96.2 Å². The van der Waals surface area contributed by atoms with Crippen molar-refractivity contribution >= 4 is 12.1 Å². The normalized spacial score (nSPS) is 9.95. The fourth-order valence-corrected chi connectivity index (χ4v) is 1.31. The van der Waals surface area contributed by atoms with E-state index < -0.39 is 12.1 Å². The first-order valence-corrected chi connectivity index (χ1v) is 5.30. The van der Waals surface area contributed by atoms with Crippen LogP contribution < -0.4 is 0 Å². The number of hydrogen-bond donors (Lipinski definition) is 0. The van der Waals surface area contributed by atoms with Gasteiger partial charge in [0.25, 0.3) is 5.82 Å². The van der Waals surface area contributed by atoms with Gasteiger partial charge in [0, 0.05) is 0 Å². The lowest BCUT2D eigenvalue weighted by Gasteiger charge is -2.04. The van der Waals surface area contributed by atoms with Crippen molar-refractivity contribution in [2.24, 2.45) is 0 Å². The van der Waals surface area contributed by atoms with E-state index in [0.717, 1.165) is 12.7 Å². The Labute approximate surface area is 107 Å². The number of rotatable bonds is 3. The van der Waals surface area contributed by atoms with Crippen molar-refractivity contribution in [2.45, 2.75) is 6.61 Å². The monoisotopic (exact) mass is 262 g/mol. The molecule has 0 saturated carbocycles. The first-order chi connectivity index (χ1) is 9.22. The van der Waals surface area contributed by atoms with Crippen LogP contribution in [0.2, 0.25) is 0 Å². The number of carbonyl (C=O) groups is 2. The van der Waals surface area contributed by atoms with Gasteiger partial charge >= 0.3 is 12.1 Å². The van der Waals surface area contributed by atoms with Gasteiger partial charge in [0.15, 0.2) is 0 Å². The molecule has 0 bridgehead atoms. The third-order valence-electron chi connectivity index (χ3n) is 2.22. The number of benzene rings is 1. The zero-order chi connectivity index (χ0) is 13.7. The van der Waals surface area contributed by atoms with E-state index in [1.165, 1.54) is 0 Å². The van der Waals surface area contributed by atoms with Gasteiger partial charge in [0.2, 0.25) is 0 Å². The number of nitrogens with zero attached hydrogens (tertiary/aromatic N) is 4. The molecule has 0 aliphatic carbocycles. The molecule has 0 N–H and O–H groups in total. The molecule has 1 aromatic carbocycles. The summed E-state index contributed by atoms with van der Waals surface area (Å²) in [5, 5.41) is 10.00. The second-order valence-electron chi connectivity index (χ2n) is 3.45. The highest BCUT2D eigenvalue weighted by molar-refractivity contribution is 5.88. The van der Waals surface area contributed by atoms with Crippen molar-refractivity contribution in [3.63, 3.8) is 0 Å². The van der Waals surface area contributed by atoms with Gasteiger partial charge in [-0.25, -0.2) is 9.59 Å². The predicted octanol–water partition coefficient (Wildman–Crippen LogP) is 0.645. The molecule has 8 nitrogen and oxygen atoms in total. The largest absolute Gasteiger partial charge is 0.463 e. The molecule has 19 heavy (non-hydrogen) atoms. The third kappa shape index (κ3) is 2.92. The first-order valence-electron chi connectivity index (χ1n) is 5.30. The molecular formula is C11H10N4O4. The van der Waals surface area contributed by atoms with Crippen LogP contribution in [0.5, 0.6) is 0 Å². The maximum Gasteiger partial charge on any atom is 0.438 e. The van der Waals surface area contributed by atoms with Crippen LogP contribution in [0.3, 0.4) is 0 Å². The molecule has 0 radical (unpaired) electrons. The molecule has 0 saturated heterocycles. The SMILES string of the molecule is COC(=O)c1nnnn1C(=O)OCc1ccccc1. The molecule has 0 fully saturated rings. The number of ether oxygens (including phenoxy) is 2. The minimum atomic E-state index is -0.853. The Kier molecular flexibility index (Phi) is 3.81. The molecule has 0 unspecified atom stereocenters. The lowest BCUT2D eigenvalue weighted by atomic mass is 10.2. The molecule has 2 aromatic rings. The van der Waals surface area contributed by atoms with E-state index in [0.29, 0.717) is 4.68 Å². The molecule has 98 valence electrons. The van der Waals surface area contributed by atoms with Crippen LogP contribution in [-0.2, 0) is 16.1 Å². The Balaban J connectivity index is 2.05. The molecule has 0 aliphatic heterocycles. The highest BCUT2D eigenvalue weighted by Crippen LogP contribution is 2.03. The molecule has 0 spiro atoms. The molecule has 0 amide bonds. The molecular weight excluding hydrogens is 252 g/mol. The minimum absolute atomic E-state index is 0.0557. The summed E-state index contributed by atoms with van der Waals surface area (Å²) in [5.41, 5.74) is 0.809. The van der Waals surface area contributed by atoms with Crippen molar-refractivity contribution in [1.82, 2.24) is 20.2 Å². The van der Waals surface area contributed by atoms with E-state index in [2.05, 4.69) is 20.3 Å². The van der Waals surface area contributed by atoms with Gasteiger partial charge in [0.1, 0.15) is 6.61 Å². The fraction of sp³-hybridized carbons (Fsp3) is 0.182. The van der Waals surface area contributed by atoms with Gasteiger partial charge in [-0.05, 0) is 16.0 Å². The van der Waals surface area contributed by atoms with Gasteiger partial charge in [-0.2, -0.15) is 0 Å². The Morgan fingerprint density at radius 3 is 2.68 bits per heavy atom. The molecule has 0 atom stereocenters. The van der Waals surface area contributed by atoms with Gasteiger partial charge in [-0.15, -0.1) is 9.78 Å². The van der Waals surface area contributed by atoms with Gasteiger partial charge in [-0.1, -0.05) is 30.3 Å². The summed E-state index contributed by atoms with van der Waals surface area (Å²) in [5.74, 6) is -1.15. The van der Waals surface area contributed by atoms with Crippen molar-refractivity contribution in [3.8, 4) is 0 Å². The van der Waals surface area contributed by atoms with E-state index >= 15 is 0 Å². The minimum Gasteiger partial charge on any atom is -0.463 e. The van der Waals surface area contributed by atoms with Crippen molar-refractivity contribution < 1.29 is 19.1 Å². The number of esters is 1. The standard InChI is InChI=1S/C11H10N4O4/c1-18-10(16)9-12-13-14-15(9)11(17)19-7-8-5-3-2-4-6-8/h2-6H,7H2,1H3. The summed E-state index contributed by atoms with van der Waals surface area (Å²) in [4.78, 5) is 23.0. The fourth-order valence-electron chi connectivity index (χ4n) is 1.31. The van der Waals surface area contributed by atoms with Crippen LogP contribution in [-0.4, -0.2) is 39.4 Å². The van der Waals surface area contributed by atoms with Crippen LogP contribution >= 0.6 is 0 Å². The molecule has 0 aliphatic rings. The van der Waals surface area contributed by atoms with E-state index in [1.54, 1.807) is 12.1 Å². The average Bonchev–Trinajstić information content (AvgIpc) is 2.94. The Hall–Kier alpha value is -2.77. The zero-order valence-corrected chi connectivity index (χ0v) is 10.0. The molecule has 8 heteroatoms. The highest BCUT2D eigenvalue weighted by Gasteiger charge is 2.21. The smallest absolute Gasteiger partial charge is 0.438 e. The van der Waals surface area contributed by atoms with Crippen molar-refractivity contribution in [2.75, 3.05) is 7.11 Å². The van der Waals surface area contributed by atoms with Crippen LogP contribution in [0, 0.1) is 0 Å². The molecule has 1 heterocycles.